The molecule has 0 saturated carbocycles. The van der Waals surface area contributed by atoms with Gasteiger partial charge in [-0.15, -0.1) is 0 Å². The number of carbonyl (C=O) groups is 3. The Bertz CT molecular complexity index is 1230. The number of amides is 3. The SMILES string of the molecule is O=C(NCC(=O)N1CCN(CC(=O)N2CCCC2)CC1)c1nc2ccccc2n1Cc1ccccc1. The molecule has 3 aromatic rings. The zero-order valence-corrected chi connectivity index (χ0v) is 20.4. The third kappa shape index (κ3) is 5.41. The number of carbonyl (C=O) groups excluding carboxylic acids is 3. The highest BCUT2D eigenvalue weighted by atomic mass is 16.2. The highest BCUT2D eigenvalue weighted by molar-refractivity contribution is 5.96. The van der Waals surface area contributed by atoms with Crippen molar-refractivity contribution in [3.63, 3.8) is 0 Å². The largest absolute Gasteiger partial charge is 0.342 e. The summed E-state index contributed by atoms with van der Waals surface area (Å²) in [5.41, 5.74) is 2.67. The minimum absolute atomic E-state index is 0.0833. The van der Waals surface area contributed by atoms with Crippen molar-refractivity contribution in [1.29, 1.82) is 0 Å². The van der Waals surface area contributed by atoms with Crippen LogP contribution in [0.25, 0.3) is 11.0 Å². The molecule has 2 aromatic carbocycles. The zero-order valence-electron chi connectivity index (χ0n) is 20.4. The van der Waals surface area contributed by atoms with Crippen molar-refractivity contribution in [3.05, 3.63) is 66.0 Å². The van der Waals surface area contributed by atoms with E-state index in [-0.39, 0.29) is 30.1 Å². The van der Waals surface area contributed by atoms with Crippen LogP contribution in [0.2, 0.25) is 0 Å². The lowest BCUT2D eigenvalue weighted by molar-refractivity contribution is -0.134. The molecule has 3 amide bonds. The number of rotatable bonds is 7. The van der Waals surface area contributed by atoms with E-state index in [1.54, 1.807) is 4.90 Å². The van der Waals surface area contributed by atoms with Gasteiger partial charge in [0.05, 0.1) is 24.1 Å². The molecule has 2 fully saturated rings. The van der Waals surface area contributed by atoms with Crippen LogP contribution in [0.15, 0.2) is 54.6 Å². The molecular weight excluding hydrogens is 456 g/mol. The number of piperazine rings is 1. The van der Waals surface area contributed by atoms with Gasteiger partial charge in [0.2, 0.25) is 11.8 Å². The maximum absolute atomic E-state index is 13.1. The van der Waals surface area contributed by atoms with Gasteiger partial charge in [0.15, 0.2) is 5.82 Å². The average molecular weight is 489 g/mol. The summed E-state index contributed by atoms with van der Waals surface area (Å²) in [6.07, 6.45) is 2.17. The van der Waals surface area contributed by atoms with E-state index in [0.717, 1.165) is 42.5 Å². The lowest BCUT2D eigenvalue weighted by Gasteiger charge is -2.35. The summed E-state index contributed by atoms with van der Waals surface area (Å²) >= 11 is 0. The molecule has 0 bridgehead atoms. The van der Waals surface area contributed by atoms with Gasteiger partial charge in [-0.2, -0.15) is 0 Å². The van der Waals surface area contributed by atoms with Crippen molar-refractivity contribution in [2.24, 2.45) is 0 Å². The standard InChI is InChI=1S/C27H32N6O3/c34-24(32-16-14-30(15-17-32)20-25(35)31-12-6-7-13-31)18-28-27(36)26-29-22-10-4-5-11-23(22)33(26)19-21-8-2-1-3-9-21/h1-5,8-11H,6-7,12-20H2,(H,28,36). The Labute approximate surface area is 210 Å². The molecule has 0 unspecified atom stereocenters. The van der Waals surface area contributed by atoms with E-state index < -0.39 is 0 Å². The number of hydrogen-bond donors (Lipinski definition) is 1. The molecule has 9 heteroatoms. The van der Waals surface area contributed by atoms with Gasteiger partial charge in [0, 0.05) is 45.8 Å². The minimum Gasteiger partial charge on any atom is -0.342 e. The molecule has 5 rings (SSSR count). The van der Waals surface area contributed by atoms with Crippen LogP contribution < -0.4 is 5.32 Å². The maximum atomic E-state index is 13.1. The number of likely N-dealkylation sites (tertiary alicyclic amines) is 1. The lowest BCUT2D eigenvalue weighted by atomic mass is 10.2. The predicted octanol–water partition coefficient (Wildman–Crippen LogP) is 1.58. The lowest BCUT2D eigenvalue weighted by Crippen LogP contribution is -2.53. The highest BCUT2D eigenvalue weighted by Crippen LogP contribution is 2.18. The number of nitrogens with zero attached hydrogens (tertiary/aromatic N) is 5. The van der Waals surface area contributed by atoms with Gasteiger partial charge < -0.3 is 19.7 Å². The molecular formula is C27H32N6O3. The van der Waals surface area contributed by atoms with Crippen LogP contribution in [0.1, 0.15) is 29.0 Å². The van der Waals surface area contributed by atoms with E-state index in [1.807, 2.05) is 64.1 Å². The molecule has 2 aliphatic rings. The van der Waals surface area contributed by atoms with Crippen LogP contribution in [0.5, 0.6) is 0 Å². The van der Waals surface area contributed by atoms with E-state index in [9.17, 15) is 14.4 Å². The van der Waals surface area contributed by atoms with E-state index in [2.05, 4.69) is 15.2 Å². The number of para-hydroxylation sites is 2. The molecule has 9 nitrogen and oxygen atoms in total. The first-order valence-electron chi connectivity index (χ1n) is 12.6. The van der Waals surface area contributed by atoms with Gasteiger partial charge in [-0.05, 0) is 30.5 Å². The predicted molar refractivity (Wildman–Crippen MR) is 136 cm³/mol. The Kier molecular flexibility index (Phi) is 7.27. The highest BCUT2D eigenvalue weighted by Gasteiger charge is 2.26. The monoisotopic (exact) mass is 488 g/mol. The quantitative estimate of drug-likeness (QED) is 0.545. The second-order valence-electron chi connectivity index (χ2n) is 9.42. The van der Waals surface area contributed by atoms with Crippen LogP contribution in [0.4, 0.5) is 0 Å². The van der Waals surface area contributed by atoms with Gasteiger partial charge in [0.1, 0.15) is 0 Å². The smallest absolute Gasteiger partial charge is 0.287 e. The van der Waals surface area contributed by atoms with Crippen molar-refractivity contribution in [2.45, 2.75) is 19.4 Å². The number of benzene rings is 2. The summed E-state index contributed by atoms with van der Waals surface area (Å²) in [6.45, 7) is 4.97. The summed E-state index contributed by atoms with van der Waals surface area (Å²) in [5, 5.41) is 2.78. The third-order valence-electron chi connectivity index (χ3n) is 6.98. The average Bonchev–Trinajstić information content (AvgIpc) is 3.57. The number of aromatic nitrogens is 2. The molecule has 1 aromatic heterocycles. The number of nitrogens with one attached hydrogen (secondary N) is 1. The Hall–Kier alpha value is -3.72. The normalized spacial score (nSPS) is 16.4. The summed E-state index contributed by atoms with van der Waals surface area (Å²) in [4.78, 5) is 48.6. The fourth-order valence-corrected chi connectivity index (χ4v) is 4.93. The third-order valence-corrected chi connectivity index (χ3v) is 6.98. The zero-order chi connectivity index (χ0) is 24.9. The van der Waals surface area contributed by atoms with E-state index >= 15 is 0 Å². The molecule has 2 saturated heterocycles. The fourth-order valence-electron chi connectivity index (χ4n) is 4.93. The first kappa shape index (κ1) is 24.0. The topological polar surface area (TPSA) is 90.8 Å². The van der Waals surface area contributed by atoms with Gasteiger partial charge >= 0.3 is 0 Å². The minimum atomic E-state index is -0.370. The summed E-state index contributed by atoms with van der Waals surface area (Å²) in [5.74, 6) is -0.0269. The molecule has 0 radical (unpaired) electrons. The van der Waals surface area contributed by atoms with E-state index in [0.29, 0.717) is 39.3 Å². The van der Waals surface area contributed by atoms with E-state index in [4.69, 9.17) is 0 Å². The second kappa shape index (κ2) is 10.9. The molecule has 0 atom stereocenters. The van der Waals surface area contributed by atoms with Crippen molar-refractivity contribution in [1.82, 2.24) is 29.6 Å². The number of imidazole rings is 1. The first-order chi connectivity index (χ1) is 17.6. The summed E-state index contributed by atoms with van der Waals surface area (Å²) in [6, 6.07) is 17.6. The summed E-state index contributed by atoms with van der Waals surface area (Å²) < 4.78 is 1.89. The molecule has 36 heavy (non-hydrogen) atoms. The molecule has 2 aliphatic heterocycles. The Morgan fingerprint density at radius 2 is 1.44 bits per heavy atom. The second-order valence-corrected chi connectivity index (χ2v) is 9.42. The molecule has 0 spiro atoms. The number of fused-ring (bicyclic) bond motifs is 1. The van der Waals surface area contributed by atoms with Crippen LogP contribution in [-0.2, 0) is 16.1 Å². The molecule has 1 N–H and O–H groups in total. The van der Waals surface area contributed by atoms with Crippen LogP contribution >= 0.6 is 0 Å². The summed E-state index contributed by atoms with van der Waals surface area (Å²) in [7, 11) is 0. The van der Waals surface area contributed by atoms with Crippen LogP contribution in [-0.4, -0.2) is 94.3 Å². The first-order valence-corrected chi connectivity index (χ1v) is 12.6. The molecule has 0 aliphatic carbocycles. The Morgan fingerprint density at radius 3 is 2.19 bits per heavy atom. The Balaban J connectivity index is 1.17. The van der Waals surface area contributed by atoms with Gasteiger partial charge in [-0.25, -0.2) is 4.98 Å². The van der Waals surface area contributed by atoms with Crippen LogP contribution in [0, 0.1) is 0 Å². The van der Waals surface area contributed by atoms with Crippen molar-refractivity contribution in [2.75, 3.05) is 52.4 Å². The molecule has 3 heterocycles. The van der Waals surface area contributed by atoms with Crippen molar-refractivity contribution in [3.8, 4) is 0 Å². The van der Waals surface area contributed by atoms with Crippen LogP contribution in [0.3, 0.4) is 0 Å². The van der Waals surface area contributed by atoms with Crippen molar-refractivity contribution >= 4 is 28.8 Å². The van der Waals surface area contributed by atoms with Crippen molar-refractivity contribution < 1.29 is 14.4 Å². The number of hydrogen-bond acceptors (Lipinski definition) is 5. The van der Waals surface area contributed by atoms with Gasteiger partial charge in [0.25, 0.3) is 5.91 Å². The van der Waals surface area contributed by atoms with E-state index in [1.165, 1.54) is 0 Å². The maximum Gasteiger partial charge on any atom is 0.287 e. The molecule has 188 valence electrons. The fraction of sp³-hybridized carbons (Fsp3) is 0.407. The Morgan fingerprint density at radius 1 is 0.778 bits per heavy atom. The van der Waals surface area contributed by atoms with Gasteiger partial charge in [-0.1, -0.05) is 42.5 Å². The van der Waals surface area contributed by atoms with Gasteiger partial charge in [-0.3, -0.25) is 19.3 Å².